The number of hydrogen-bond acceptors (Lipinski definition) is 6. The van der Waals surface area contributed by atoms with E-state index in [0.29, 0.717) is 35.7 Å². The van der Waals surface area contributed by atoms with Crippen LogP contribution in [0, 0.1) is 0 Å². The molecule has 0 radical (unpaired) electrons. The van der Waals surface area contributed by atoms with E-state index < -0.39 is 0 Å². The summed E-state index contributed by atoms with van der Waals surface area (Å²) in [5.74, 6) is 0.402. The van der Waals surface area contributed by atoms with Gasteiger partial charge in [-0.15, -0.1) is 0 Å². The van der Waals surface area contributed by atoms with E-state index in [1.165, 1.54) is 13.2 Å². The molecule has 0 spiro atoms. The zero-order chi connectivity index (χ0) is 18.5. The minimum Gasteiger partial charge on any atom is -0.459 e. The Labute approximate surface area is 149 Å². The predicted octanol–water partition coefficient (Wildman–Crippen LogP) is 2.36. The van der Waals surface area contributed by atoms with E-state index >= 15 is 0 Å². The summed E-state index contributed by atoms with van der Waals surface area (Å²) in [7, 11) is 0. The minimum absolute atomic E-state index is 0.0828. The van der Waals surface area contributed by atoms with Crippen molar-refractivity contribution in [1.29, 1.82) is 0 Å². The van der Waals surface area contributed by atoms with Gasteiger partial charge in [0.15, 0.2) is 23.0 Å². The van der Waals surface area contributed by atoms with Crippen molar-refractivity contribution in [1.82, 2.24) is 5.32 Å². The number of rotatable bonds is 7. The lowest BCUT2D eigenvalue weighted by molar-refractivity contribution is -0.116. The fourth-order valence-corrected chi connectivity index (χ4v) is 2.50. The van der Waals surface area contributed by atoms with Crippen LogP contribution in [0.1, 0.15) is 40.7 Å². The monoisotopic (exact) mass is 358 g/mol. The van der Waals surface area contributed by atoms with Crippen LogP contribution in [-0.4, -0.2) is 30.9 Å². The van der Waals surface area contributed by atoms with Crippen LogP contribution in [0.25, 0.3) is 0 Å². The molecule has 1 aromatic heterocycles. The number of carbonyl (C=O) groups is 3. The quantitative estimate of drug-likeness (QED) is 0.581. The summed E-state index contributed by atoms with van der Waals surface area (Å²) >= 11 is 0. The predicted molar refractivity (Wildman–Crippen MR) is 91.5 cm³/mol. The van der Waals surface area contributed by atoms with Crippen molar-refractivity contribution in [3.8, 4) is 11.5 Å². The molecule has 136 valence electrons. The Morgan fingerprint density at radius 1 is 1.15 bits per heavy atom. The number of furan rings is 1. The average molecular weight is 358 g/mol. The molecule has 26 heavy (non-hydrogen) atoms. The Kier molecular flexibility index (Phi) is 5.21. The molecule has 1 aliphatic heterocycles. The Hall–Kier alpha value is -3.29. The molecule has 2 heterocycles. The Bertz CT molecular complexity index is 828. The van der Waals surface area contributed by atoms with Crippen molar-refractivity contribution < 1.29 is 28.3 Å². The summed E-state index contributed by atoms with van der Waals surface area (Å²) in [6, 6.07) is 6.32. The number of benzene rings is 1. The first kappa shape index (κ1) is 17.5. The first-order valence-electron chi connectivity index (χ1n) is 8.10. The van der Waals surface area contributed by atoms with E-state index in [1.807, 2.05) is 0 Å². The number of hydrogen-bond donors (Lipinski definition) is 2. The standard InChI is InChI=1S/C18H18N2O6/c1-11(21)12-8-15-16(26-10-25-15)9-13(12)20-17(22)5-2-6-19-18(23)14-4-3-7-24-14/h3-4,7-9H,2,5-6,10H2,1H3,(H,19,23)(H,20,22). The smallest absolute Gasteiger partial charge is 0.286 e. The highest BCUT2D eigenvalue weighted by Crippen LogP contribution is 2.37. The van der Waals surface area contributed by atoms with Crippen LogP contribution in [0.3, 0.4) is 0 Å². The molecule has 8 heteroatoms. The van der Waals surface area contributed by atoms with Gasteiger partial charge >= 0.3 is 0 Å². The molecule has 0 saturated carbocycles. The molecule has 2 amide bonds. The van der Waals surface area contributed by atoms with E-state index in [1.54, 1.807) is 24.3 Å². The lowest BCUT2D eigenvalue weighted by Crippen LogP contribution is -2.25. The lowest BCUT2D eigenvalue weighted by atomic mass is 10.1. The number of fused-ring (bicyclic) bond motifs is 1. The molecule has 2 N–H and O–H groups in total. The van der Waals surface area contributed by atoms with Gasteiger partial charge in [0.2, 0.25) is 12.7 Å². The van der Waals surface area contributed by atoms with Crippen LogP contribution in [0.15, 0.2) is 34.9 Å². The average Bonchev–Trinajstić information content (AvgIpc) is 3.28. The van der Waals surface area contributed by atoms with Crippen molar-refractivity contribution in [2.75, 3.05) is 18.7 Å². The third kappa shape index (κ3) is 4.02. The largest absolute Gasteiger partial charge is 0.459 e. The molecule has 3 rings (SSSR count). The van der Waals surface area contributed by atoms with Crippen molar-refractivity contribution >= 4 is 23.3 Å². The summed E-state index contributed by atoms with van der Waals surface area (Å²) in [6.07, 6.45) is 2.04. The summed E-state index contributed by atoms with van der Waals surface area (Å²) in [5, 5.41) is 5.38. The van der Waals surface area contributed by atoms with E-state index in [2.05, 4.69) is 10.6 Å². The SMILES string of the molecule is CC(=O)c1cc2c(cc1NC(=O)CCCNC(=O)c1ccco1)OCO2. The number of amides is 2. The maximum atomic E-state index is 12.1. The van der Waals surface area contributed by atoms with Gasteiger partial charge in [0.05, 0.1) is 12.0 Å². The summed E-state index contributed by atoms with van der Waals surface area (Å²) in [6.45, 7) is 1.82. The summed E-state index contributed by atoms with van der Waals surface area (Å²) in [4.78, 5) is 35.6. The molecule has 0 unspecified atom stereocenters. The third-order valence-corrected chi connectivity index (χ3v) is 3.78. The summed E-state index contributed by atoms with van der Waals surface area (Å²) in [5.41, 5.74) is 0.736. The third-order valence-electron chi connectivity index (χ3n) is 3.78. The van der Waals surface area contributed by atoms with Crippen LogP contribution in [-0.2, 0) is 4.79 Å². The van der Waals surface area contributed by atoms with E-state index in [4.69, 9.17) is 13.9 Å². The van der Waals surface area contributed by atoms with Gasteiger partial charge in [-0.05, 0) is 31.5 Å². The number of carbonyl (C=O) groups excluding carboxylic acids is 3. The molecule has 8 nitrogen and oxygen atoms in total. The second-order valence-electron chi connectivity index (χ2n) is 5.69. The highest BCUT2D eigenvalue weighted by atomic mass is 16.7. The molecule has 0 aliphatic carbocycles. The van der Waals surface area contributed by atoms with Crippen LogP contribution >= 0.6 is 0 Å². The highest BCUT2D eigenvalue weighted by Gasteiger charge is 2.20. The Morgan fingerprint density at radius 2 is 1.92 bits per heavy atom. The number of ketones is 1. The van der Waals surface area contributed by atoms with Gasteiger partial charge < -0.3 is 24.5 Å². The van der Waals surface area contributed by atoms with E-state index in [0.717, 1.165) is 0 Å². The first-order chi connectivity index (χ1) is 12.5. The van der Waals surface area contributed by atoms with Crippen LogP contribution < -0.4 is 20.1 Å². The minimum atomic E-state index is -0.329. The molecular formula is C18H18N2O6. The van der Waals surface area contributed by atoms with Gasteiger partial charge in [-0.25, -0.2) is 0 Å². The van der Waals surface area contributed by atoms with Crippen LogP contribution in [0.5, 0.6) is 11.5 Å². The van der Waals surface area contributed by atoms with Gasteiger partial charge in [-0.2, -0.15) is 0 Å². The zero-order valence-electron chi connectivity index (χ0n) is 14.2. The molecule has 0 bridgehead atoms. The first-order valence-corrected chi connectivity index (χ1v) is 8.10. The normalized spacial score (nSPS) is 11.9. The van der Waals surface area contributed by atoms with E-state index in [9.17, 15) is 14.4 Å². The highest BCUT2D eigenvalue weighted by molar-refractivity contribution is 6.04. The van der Waals surface area contributed by atoms with Crippen molar-refractivity contribution in [2.45, 2.75) is 19.8 Å². The molecule has 0 fully saturated rings. The molecule has 0 saturated heterocycles. The maximum absolute atomic E-state index is 12.1. The molecule has 1 aromatic carbocycles. The summed E-state index contributed by atoms with van der Waals surface area (Å²) < 4.78 is 15.5. The number of ether oxygens (including phenoxy) is 2. The molecule has 0 atom stereocenters. The number of anilines is 1. The van der Waals surface area contributed by atoms with E-state index in [-0.39, 0.29) is 36.6 Å². The fraction of sp³-hybridized carbons (Fsp3) is 0.278. The number of Topliss-reactive ketones (excluding diaryl/α,β-unsaturated/α-hetero) is 1. The zero-order valence-corrected chi connectivity index (χ0v) is 14.2. The number of nitrogens with one attached hydrogen (secondary N) is 2. The van der Waals surface area contributed by atoms with Crippen LogP contribution in [0.2, 0.25) is 0 Å². The van der Waals surface area contributed by atoms with Crippen molar-refractivity contribution in [2.24, 2.45) is 0 Å². The molecule has 2 aromatic rings. The van der Waals surface area contributed by atoms with Crippen LogP contribution in [0.4, 0.5) is 5.69 Å². The second kappa shape index (κ2) is 7.73. The lowest BCUT2D eigenvalue weighted by Gasteiger charge is -2.10. The van der Waals surface area contributed by atoms with Gasteiger partial charge in [-0.1, -0.05) is 0 Å². The Morgan fingerprint density at radius 3 is 2.62 bits per heavy atom. The van der Waals surface area contributed by atoms with Crippen molar-refractivity contribution in [3.05, 3.63) is 41.9 Å². The van der Waals surface area contributed by atoms with Gasteiger partial charge in [0, 0.05) is 24.6 Å². The Balaban J connectivity index is 1.52. The van der Waals surface area contributed by atoms with Gasteiger partial charge in [0.25, 0.3) is 5.91 Å². The fourth-order valence-electron chi connectivity index (χ4n) is 2.50. The van der Waals surface area contributed by atoms with Gasteiger partial charge in [0.1, 0.15) is 0 Å². The molecule has 1 aliphatic rings. The topological polar surface area (TPSA) is 107 Å². The van der Waals surface area contributed by atoms with Gasteiger partial charge in [-0.3, -0.25) is 14.4 Å². The maximum Gasteiger partial charge on any atom is 0.286 e. The molecular weight excluding hydrogens is 340 g/mol. The second-order valence-corrected chi connectivity index (χ2v) is 5.69. The van der Waals surface area contributed by atoms with Crippen molar-refractivity contribution in [3.63, 3.8) is 0 Å².